The molecular weight excluding hydrogens is 428 g/mol. The van der Waals surface area contributed by atoms with Crippen molar-refractivity contribution in [2.45, 2.75) is 24.7 Å². The minimum absolute atomic E-state index is 0.0894. The Hall–Kier alpha value is -3.02. The van der Waals surface area contributed by atoms with Gasteiger partial charge in [0, 0.05) is 7.05 Å². The summed E-state index contributed by atoms with van der Waals surface area (Å²) in [7, 11) is -1.21. The van der Waals surface area contributed by atoms with Crippen LogP contribution >= 0.6 is 0 Å². The van der Waals surface area contributed by atoms with Crippen LogP contribution in [0.2, 0.25) is 0 Å². The van der Waals surface area contributed by atoms with Crippen LogP contribution < -0.4 is 9.04 Å². The summed E-state index contributed by atoms with van der Waals surface area (Å²) in [6.45, 7) is 4.94. The highest BCUT2D eigenvalue weighted by atomic mass is 32.2. The van der Waals surface area contributed by atoms with Crippen LogP contribution in [0.1, 0.15) is 28.8 Å². The van der Waals surface area contributed by atoms with Crippen LogP contribution in [-0.4, -0.2) is 59.7 Å². The second-order valence-corrected chi connectivity index (χ2v) is 9.50. The number of para-hydroxylation sites is 1. The lowest BCUT2D eigenvalue weighted by Crippen LogP contribution is -2.29. The van der Waals surface area contributed by atoms with Crippen LogP contribution in [-0.2, 0) is 14.8 Å². The summed E-state index contributed by atoms with van der Waals surface area (Å²) in [6, 6.07) is 11.1. The maximum absolute atomic E-state index is 13.2. The molecule has 0 amide bonds. The molecule has 0 saturated carbocycles. The first-order valence-corrected chi connectivity index (χ1v) is 11.9. The zero-order valence-electron chi connectivity index (χ0n) is 18.6. The molecular formula is C24H28N2O5S. The van der Waals surface area contributed by atoms with Gasteiger partial charge in [0.1, 0.15) is 12.4 Å². The van der Waals surface area contributed by atoms with E-state index in [1.54, 1.807) is 37.3 Å². The standard InChI is InChI=1S/C24H28N2O5S/c1-19-9-8-10-22(24(27)30-3)23(19)25(2)32(28,29)21-13-11-20(12-14-21)31-18-7-6-17-26-15-4-5-16-26/h8-14H,4-5,15-18H2,1-3H3. The zero-order chi connectivity index (χ0) is 23.1. The van der Waals surface area contributed by atoms with E-state index in [4.69, 9.17) is 9.47 Å². The van der Waals surface area contributed by atoms with Crippen molar-refractivity contribution >= 4 is 21.7 Å². The minimum Gasteiger partial charge on any atom is -0.481 e. The van der Waals surface area contributed by atoms with Crippen LogP contribution in [0, 0.1) is 18.8 Å². The molecule has 1 aliphatic rings. The molecule has 1 saturated heterocycles. The SMILES string of the molecule is COC(=O)c1cccc(C)c1N(C)S(=O)(=O)c1ccc(OCC#CCN2CCCC2)cc1. The minimum atomic E-state index is -3.90. The summed E-state index contributed by atoms with van der Waals surface area (Å²) >= 11 is 0. The molecule has 2 aromatic carbocycles. The number of benzene rings is 2. The molecule has 170 valence electrons. The molecule has 0 spiro atoms. The van der Waals surface area contributed by atoms with E-state index in [-0.39, 0.29) is 22.8 Å². The van der Waals surface area contributed by atoms with Crippen molar-refractivity contribution in [2.75, 3.05) is 44.7 Å². The van der Waals surface area contributed by atoms with Gasteiger partial charge < -0.3 is 9.47 Å². The molecule has 1 aliphatic heterocycles. The van der Waals surface area contributed by atoms with Crippen LogP contribution in [0.5, 0.6) is 5.75 Å². The van der Waals surface area contributed by atoms with Crippen molar-refractivity contribution in [3.05, 3.63) is 53.6 Å². The van der Waals surface area contributed by atoms with E-state index in [0.717, 1.165) is 23.9 Å². The number of esters is 1. The third-order valence-corrected chi connectivity index (χ3v) is 7.15. The second-order valence-electron chi connectivity index (χ2n) is 7.53. The quantitative estimate of drug-likeness (QED) is 0.471. The normalized spacial score (nSPS) is 13.8. The number of aryl methyl sites for hydroxylation is 1. The molecule has 0 unspecified atom stereocenters. The van der Waals surface area contributed by atoms with Crippen molar-refractivity contribution in [3.63, 3.8) is 0 Å². The Kier molecular flexibility index (Phi) is 7.78. The largest absolute Gasteiger partial charge is 0.481 e. The number of likely N-dealkylation sites (tertiary alicyclic amines) is 1. The summed E-state index contributed by atoms with van der Waals surface area (Å²) in [6.07, 6.45) is 2.47. The summed E-state index contributed by atoms with van der Waals surface area (Å²) < 4.78 is 37.9. The van der Waals surface area contributed by atoms with Gasteiger partial charge in [-0.2, -0.15) is 0 Å². The maximum atomic E-state index is 13.2. The lowest BCUT2D eigenvalue weighted by atomic mass is 10.1. The van der Waals surface area contributed by atoms with Crippen LogP contribution in [0.4, 0.5) is 5.69 Å². The molecule has 0 radical (unpaired) electrons. The molecule has 3 rings (SSSR count). The van der Waals surface area contributed by atoms with Gasteiger partial charge in [-0.25, -0.2) is 13.2 Å². The monoisotopic (exact) mass is 456 g/mol. The average molecular weight is 457 g/mol. The fourth-order valence-corrected chi connectivity index (χ4v) is 4.90. The first-order valence-electron chi connectivity index (χ1n) is 10.4. The molecule has 0 aromatic heterocycles. The number of hydrogen-bond acceptors (Lipinski definition) is 6. The highest BCUT2D eigenvalue weighted by Crippen LogP contribution is 2.30. The first kappa shape index (κ1) is 23.6. The van der Waals surface area contributed by atoms with Gasteiger partial charge in [-0.15, -0.1) is 0 Å². The number of ether oxygens (including phenoxy) is 2. The van der Waals surface area contributed by atoms with E-state index in [1.807, 2.05) is 0 Å². The average Bonchev–Trinajstić information content (AvgIpc) is 3.31. The highest BCUT2D eigenvalue weighted by molar-refractivity contribution is 7.92. The van der Waals surface area contributed by atoms with Gasteiger partial charge in [-0.3, -0.25) is 9.21 Å². The third kappa shape index (κ3) is 5.42. The zero-order valence-corrected chi connectivity index (χ0v) is 19.4. The first-order chi connectivity index (χ1) is 15.3. The Morgan fingerprint density at radius 3 is 2.44 bits per heavy atom. The van der Waals surface area contributed by atoms with Crippen molar-refractivity contribution in [3.8, 4) is 17.6 Å². The molecule has 32 heavy (non-hydrogen) atoms. The number of carbonyl (C=O) groups excluding carboxylic acids is 1. The van der Waals surface area contributed by atoms with Gasteiger partial charge in [0.15, 0.2) is 0 Å². The number of hydrogen-bond donors (Lipinski definition) is 0. The van der Waals surface area contributed by atoms with Gasteiger partial charge >= 0.3 is 5.97 Å². The number of nitrogens with zero attached hydrogens (tertiary/aromatic N) is 2. The van der Waals surface area contributed by atoms with E-state index in [9.17, 15) is 13.2 Å². The van der Waals surface area contributed by atoms with Gasteiger partial charge in [0.05, 0.1) is 29.8 Å². The Labute approximate surface area is 190 Å². The van der Waals surface area contributed by atoms with Crippen molar-refractivity contribution in [1.82, 2.24) is 4.90 Å². The molecule has 7 nitrogen and oxygen atoms in total. The number of methoxy groups -OCH3 is 1. The van der Waals surface area contributed by atoms with Gasteiger partial charge in [0.25, 0.3) is 10.0 Å². The number of anilines is 1. The summed E-state index contributed by atoms with van der Waals surface area (Å²) in [5.41, 5.74) is 1.12. The third-order valence-electron chi connectivity index (χ3n) is 5.38. The predicted octanol–water partition coefficient (Wildman–Crippen LogP) is 3.08. The van der Waals surface area contributed by atoms with E-state index >= 15 is 0 Å². The van der Waals surface area contributed by atoms with E-state index in [1.165, 1.54) is 39.1 Å². The second kappa shape index (κ2) is 10.5. The Morgan fingerprint density at radius 1 is 1.09 bits per heavy atom. The number of rotatable bonds is 7. The van der Waals surface area contributed by atoms with Gasteiger partial charge in [-0.05, 0) is 68.8 Å². The Balaban J connectivity index is 1.70. The maximum Gasteiger partial charge on any atom is 0.340 e. The molecule has 0 N–H and O–H groups in total. The summed E-state index contributed by atoms with van der Waals surface area (Å²) in [5, 5.41) is 0. The van der Waals surface area contributed by atoms with Crippen molar-refractivity contribution in [2.24, 2.45) is 0 Å². The molecule has 0 atom stereocenters. The Morgan fingerprint density at radius 2 is 1.78 bits per heavy atom. The van der Waals surface area contributed by atoms with Crippen molar-refractivity contribution in [1.29, 1.82) is 0 Å². The molecule has 8 heteroatoms. The summed E-state index contributed by atoms with van der Waals surface area (Å²) in [4.78, 5) is 14.5. The van der Waals surface area contributed by atoms with Crippen LogP contribution in [0.25, 0.3) is 0 Å². The highest BCUT2D eigenvalue weighted by Gasteiger charge is 2.27. The van der Waals surface area contributed by atoms with Crippen LogP contribution in [0.3, 0.4) is 0 Å². The van der Waals surface area contributed by atoms with Crippen LogP contribution in [0.15, 0.2) is 47.4 Å². The lowest BCUT2D eigenvalue weighted by Gasteiger charge is -2.23. The number of sulfonamides is 1. The lowest BCUT2D eigenvalue weighted by molar-refractivity contribution is 0.0601. The molecule has 2 aromatic rings. The predicted molar refractivity (Wildman–Crippen MR) is 123 cm³/mol. The molecule has 0 bridgehead atoms. The molecule has 0 aliphatic carbocycles. The van der Waals surface area contributed by atoms with Crippen molar-refractivity contribution < 1.29 is 22.7 Å². The van der Waals surface area contributed by atoms with Gasteiger partial charge in [0.2, 0.25) is 0 Å². The summed E-state index contributed by atoms with van der Waals surface area (Å²) in [5.74, 6) is 6.03. The van der Waals surface area contributed by atoms with E-state index in [2.05, 4.69) is 16.7 Å². The molecule has 1 heterocycles. The van der Waals surface area contributed by atoms with E-state index < -0.39 is 16.0 Å². The topological polar surface area (TPSA) is 76.1 Å². The van der Waals surface area contributed by atoms with E-state index in [0.29, 0.717) is 11.3 Å². The van der Waals surface area contributed by atoms with Gasteiger partial charge in [-0.1, -0.05) is 24.0 Å². The Bertz CT molecular complexity index is 1110. The molecule has 1 fully saturated rings. The number of carbonyl (C=O) groups is 1. The fourth-order valence-electron chi connectivity index (χ4n) is 3.62. The fraction of sp³-hybridized carbons (Fsp3) is 0.375. The smallest absolute Gasteiger partial charge is 0.340 e.